The first-order valence-corrected chi connectivity index (χ1v) is 6.66. The SMILES string of the molecule is COC(=O)[C@@H]1C[C@H](O)CCN1Cc1nc(C)ccc1O. The van der Waals surface area contributed by atoms with Crippen molar-refractivity contribution < 1.29 is 19.7 Å². The van der Waals surface area contributed by atoms with Gasteiger partial charge in [-0.1, -0.05) is 0 Å². The largest absolute Gasteiger partial charge is 0.506 e. The van der Waals surface area contributed by atoms with Gasteiger partial charge in [-0.3, -0.25) is 14.7 Å². The van der Waals surface area contributed by atoms with Crippen LogP contribution < -0.4 is 0 Å². The van der Waals surface area contributed by atoms with Gasteiger partial charge in [-0.25, -0.2) is 0 Å². The summed E-state index contributed by atoms with van der Waals surface area (Å²) in [6.07, 6.45) is 0.452. The van der Waals surface area contributed by atoms with E-state index in [0.29, 0.717) is 31.6 Å². The molecular formula is C14H20N2O4. The number of rotatable bonds is 3. The molecule has 2 N–H and O–H groups in total. The minimum Gasteiger partial charge on any atom is -0.506 e. The molecule has 0 amide bonds. The Bertz CT molecular complexity index is 492. The number of aromatic hydroxyl groups is 1. The summed E-state index contributed by atoms with van der Waals surface area (Å²) < 4.78 is 4.79. The van der Waals surface area contributed by atoms with Crippen LogP contribution in [0.25, 0.3) is 0 Å². The number of methoxy groups -OCH3 is 1. The third kappa shape index (κ3) is 3.26. The Labute approximate surface area is 118 Å². The van der Waals surface area contributed by atoms with Crippen molar-refractivity contribution >= 4 is 5.97 Å². The molecule has 1 saturated heterocycles. The number of hydrogen-bond donors (Lipinski definition) is 2. The molecule has 0 aliphatic carbocycles. The number of carbonyl (C=O) groups excluding carboxylic acids is 1. The molecule has 1 aromatic rings. The lowest BCUT2D eigenvalue weighted by Crippen LogP contribution is -2.48. The van der Waals surface area contributed by atoms with Crippen molar-refractivity contribution in [1.82, 2.24) is 9.88 Å². The van der Waals surface area contributed by atoms with Crippen LogP contribution in [0.15, 0.2) is 12.1 Å². The molecule has 0 saturated carbocycles. The third-order valence-corrected chi connectivity index (χ3v) is 3.60. The van der Waals surface area contributed by atoms with Gasteiger partial charge in [0, 0.05) is 18.8 Å². The number of esters is 1. The maximum Gasteiger partial charge on any atom is 0.323 e. The first-order chi connectivity index (χ1) is 9.51. The molecule has 2 atom stereocenters. The maximum atomic E-state index is 11.8. The number of piperidine rings is 1. The average molecular weight is 280 g/mol. The lowest BCUT2D eigenvalue weighted by molar-refractivity contribution is -0.150. The van der Waals surface area contributed by atoms with Crippen molar-refractivity contribution in [3.05, 3.63) is 23.5 Å². The summed E-state index contributed by atoms with van der Waals surface area (Å²) in [6, 6.07) is 2.84. The number of ether oxygens (including phenoxy) is 1. The lowest BCUT2D eigenvalue weighted by atomic mass is 9.99. The summed E-state index contributed by atoms with van der Waals surface area (Å²) in [5.41, 5.74) is 1.35. The van der Waals surface area contributed by atoms with Crippen LogP contribution in [-0.4, -0.2) is 51.9 Å². The Kier molecular flexibility index (Phi) is 4.57. The topological polar surface area (TPSA) is 82.9 Å². The van der Waals surface area contributed by atoms with Gasteiger partial charge in [-0.15, -0.1) is 0 Å². The van der Waals surface area contributed by atoms with Crippen LogP contribution in [0.5, 0.6) is 5.75 Å². The molecular weight excluding hydrogens is 260 g/mol. The third-order valence-electron chi connectivity index (χ3n) is 3.60. The van der Waals surface area contributed by atoms with E-state index in [4.69, 9.17) is 4.74 Å². The number of aliphatic hydroxyl groups excluding tert-OH is 1. The van der Waals surface area contributed by atoms with Gasteiger partial charge in [0.25, 0.3) is 0 Å². The predicted octanol–water partition coefficient (Wildman–Crippen LogP) is 0.594. The summed E-state index contributed by atoms with van der Waals surface area (Å²) in [6.45, 7) is 2.77. The van der Waals surface area contributed by atoms with Crippen molar-refractivity contribution in [2.75, 3.05) is 13.7 Å². The highest BCUT2D eigenvalue weighted by atomic mass is 16.5. The minimum absolute atomic E-state index is 0.116. The molecule has 0 aromatic carbocycles. The normalized spacial score (nSPS) is 23.6. The molecule has 1 fully saturated rings. The number of pyridine rings is 1. The zero-order valence-corrected chi connectivity index (χ0v) is 11.7. The molecule has 6 heteroatoms. The Balaban J connectivity index is 2.17. The standard InChI is InChI=1S/C14H20N2O4/c1-9-3-4-13(18)11(15-9)8-16-6-5-10(17)7-12(16)14(19)20-2/h3-4,10,12,17-18H,5-8H2,1-2H3/t10-,12+/m1/s1. The maximum absolute atomic E-state index is 11.8. The number of likely N-dealkylation sites (tertiary alicyclic amines) is 1. The Morgan fingerprint density at radius 3 is 3.00 bits per heavy atom. The van der Waals surface area contributed by atoms with E-state index in [1.54, 1.807) is 12.1 Å². The van der Waals surface area contributed by atoms with Crippen LogP contribution in [0.2, 0.25) is 0 Å². The van der Waals surface area contributed by atoms with E-state index in [0.717, 1.165) is 5.69 Å². The second-order valence-electron chi connectivity index (χ2n) is 5.11. The van der Waals surface area contributed by atoms with Crippen molar-refractivity contribution in [2.45, 2.75) is 38.5 Å². The molecule has 110 valence electrons. The highest BCUT2D eigenvalue weighted by molar-refractivity contribution is 5.75. The number of aromatic nitrogens is 1. The second-order valence-corrected chi connectivity index (χ2v) is 5.11. The molecule has 1 aromatic heterocycles. The summed E-state index contributed by atoms with van der Waals surface area (Å²) in [4.78, 5) is 18.0. The predicted molar refractivity (Wildman–Crippen MR) is 72.1 cm³/mol. The van der Waals surface area contributed by atoms with E-state index >= 15 is 0 Å². The fourth-order valence-corrected chi connectivity index (χ4v) is 2.48. The van der Waals surface area contributed by atoms with Gasteiger partial charge < -0.3 is 14.9 Å². The van der Waals surface area contributed by atoms with Crippen LogP contribution in [-0.2, 0) is 16.1 Å². The van der Waals surface area contributed by atoms with Crippen LogP contribution in [0.3, 0.4) is 0 Å². The first kappa shape index (κ1) is 14.7. The van der Waals surface area contributed by atoms with E-state index in [1.807, 2.05) is 11.8 Å². The van der Waals surface area contributed by atoms with E-state index in [1.165, 1.54) is 7.11 Å². The van der Waals surface area contributed by atoms with Gasteiger partial charge >= 0.3 is 5.97 Å². The summed E-state index contributed by atoms with van der Waals surface area (Å²) in [7, 11) is 1.34. The van der Waals surface area contributed by atoms with Crippen molar-refractivity contribution in [1.29, 1.82) is 0 Å². The molecule has 0 radical (unpaired) electrons. The van der Waals surface area contributed by atoms with Crippen LogP contribution >= 0.6 is 0 Å². The van der Waals surface area contributed by atoms with Crippen molar-refractivity contribution in [3.8, 4) is 5.75 Å². The second kappa shape index (κ2) is 6.19. The molecule has 2 heterocycles. The van der Waals surface area contributed by atoms with Crippen LogP contribution in [0.4, 0.5) is 0 Å². The molecule has 1 aliphatic rings. The summed E-state index contributed by atoms with van der Waals surface area (Å²) in [5.74, 6) is -0.249. The van der Waals surface area contributed by atoms with Crippen LogP contribution in [0.1, 0.15) is 24.2 Å². The quantitative estimate of drug-likeness (QED) is 0.789. The molecule has 0 unspecified atom stereocenters. The molecule has 1 aliphatic heterocycles. The first-order valence-electron chi connectivity index (χ1n) is 6.66. The highest BCUT2D eigenvalue weighted by Crippen LogP contribution is 2.24. The minimum atomic E-state index is -0.495. The highest BCUT2D eigenvalue weighted by Gasteiger charge is 2.34. The molecule has 6 nitrogen and oxygen atoms in total. The van der Waals surface area contributed by atoms with Crippen molar-refractivity contribution in [3.63, 3.8) is 0 Å². The summed E-state index contributed by atoms with van der Waals surface area (Å²) >= 11 is 0. The van der Waals surface area contributed by atoms with Gasteiger partial charge in [0.05, 0.1) is 18.9 Å². The fourth-order valence-electron chi connectivity index (χ4n) is 2.48. The van der Waals surface area contributed by atoms with Gasteiger partial charge in [0.2, 0.25) is 0 Å². The zero-order valence-electron chi connectivity index (χ0n) is 11.7. The summed E-state index contributed by atoms with van der Waals surface area (Å²) in [5, 5.41) is 19.6. The zero-order chi connectivity index (χ0) is 14.7. The van der Waals surface area contributed by atoms with E-state index in [9.17, 15) is 15.0 Å². The molecule has 0 bridgehead atoms. The lowest BCUT2D eigenvalue weighted by Gasteiger charge is -2.35. The monoisotopic (exact) mass is 280 g/mol. The fraction of sp³-hybridized carbons (Fsp3) is 0.571. The Hall–Kier alpha value is -1.66. The van der Waals surface area contributed by atoms with Gasteiger partial charge in [0.1, 0.15) is 11.8 Å². The Morgan fingerprint density at radius 2 is 2.30 bits per heavy atom. The van der Waals surface area contributed by atoms with E-state index in [2.05, 4.69) is 4.98 Å². The van der Waals surface area contributed by atoms with Crippen LogP contribution in [0, 0.1) is 6.92 Å². The Morgan fingerprint density at radius 1 is 1.55 bits per heavy atom. The molecule has 20 heavy (non-hydrogen) atoms. The smallest absolute Gasteiger partial charge is 0.323 e. The molecule has 0 spiro atoms. The number of aryl methyl sites for hydroxylation is 1. The van der Waals surface area contributed by atoms with E-state index < -0.39 is 12.1 Å². The van der Waals surface area contributed by atoms with Gasteiger partial charge in [-0.05, 0) is 31.9 Å². The number of nitrogens with zero attached hydrogens (tertiary/aromatic N) is 2. The molecule has 2 rings (SSSR count). The number of aliphatic hydroxyl groups is 1. The van der Waals surface area contributed by atoms with Gasteiger partial charge in [0.15, 0.2) is 0 Å². The number of hydrogen-bond acceptors (Lipinski definition) is 6. The van der Waals surface area contributed by atoms with Crippen molar-refractivity contribution in [2.24, 2.45) is 0 Å². The average Bonchev–Trinajstić information content (AvgIpc) is 2.43. The number of carbonyl (C=O) groups is 1. The van der Waals surface area contributed by atoms with Gasteiger partial charge in [-0.2, -0.15) is 0 Å². The van der Waals surface area contributed by atoms with E-state index in [-0.39, 0.29) is 11.7 Å².